The molecule has 0 spiro atoms. The van der Waals surface area contributed by atoms with Gasteiger partial charge in [-0.2, -0.15) is 0 Å². The van der Waals surface area contributed by atoms with E-state index in [-0.39, 0.29) is 11.5 Å². The summed E-state index contributed by atoms with van der Waals surface area (Å²) in [6.07, 6.45) is 1.47. The van der Waals surface area contributed by atoms with Crippen molar-refractivity contribution in [3.05, 3.63) is 70.2 Å². The number of halogens is 1. The highest BCUT2D eigenvalue weighted by Crippen LogP contribution is 2.21. The first-order valence-electron chi connectivity index (χ1n) is 9.30. The summed E-state index contributed by atoms with van der Waals surface area (Å²) in [6, 6.07) is 14.3. The number of carbonyl (C=O) groups excluding carboxylic acids is 1. The number of rotatable bonds is 3. The van der Waals surface area contributed by atoms with E-state index in [9.17, 15) is 9.59 Å². The minimum Gasteiger partial charge on any atom is -0.368 e. The molecule has 0 unspecified atom stereocenters. The van der Waals surface area contributed by atoms with Crippen LogP contribution >= 0.6 is 11.6 Å². The van der Waals surface area contributed by atoms with Crippen molar-refractivity contribution in [2.75, 3.05) is 31.1 Å². The van der Waals surface area contributed by atoms with E-state index in [1.165, 1.54) is 10.9 Å². The minimum atomic E-state index is -0.595. The zero-order valence-corrected chi connectivity index (χ0v) is 16.3. The molecule has 1 aliphatic heterocycles. The molecule has 3 aromatic rings. The van der Waals surface area contributed by atoms with Crippen LogP contribution in [0.4, 0.5) is 5.69 Å². The summed E-state index contributed by atoms with van der Waals surface area (Å²) in [5.74, 6) is -0.0649. The van der Waals surface area contributed by atoms with Crippen LogP contribution in [0, 0.1) is 0 Å². The predicted octanol–water partition coefficient (Wildman–Crippen LogP) is 2.96. The zero-order chi connectivity index (χ0) is 19.7. The maximum absolute atomic E-state index is 13.0. The topological polar surface area (TPSA) is 58.4 Å². The second-order valence-corrected chi connectivity index (χ2v) is 7.38. The number of fused-ring (bicyclic) bond motifs is 1. The molecular weight excluding hydrogens is 376 g/mol. The number of anilines is 1. The van der Waals surface area contributed by atoms with Gasteiger partial charge in [-0.25, -0.2) is 4.98 Å². The van der Waals surface area contributed by atoms with Gasteiger partial charge in [0.05, 0.1) is 17.2 Å². The fourth-order valence-corrected chi connectivity index (χ4v) is 3.78. The van der Waals surface area contributed by atoms with E-state index in [1.54, 1.807) is 25.1 Å². The highest BCUT2D eigenvalue weighted by atomic mass is 35.5. The van der Waals surface area contributed by atoms with Gasteiger partial charge >= 0.3 is 0 Å². The highest BCUT2D eigenvalue weighted by molar-refractivity contribution is 6.30. The third-order valence-corrected chi connectivity index (χ3v) is 5.46. The highest BCUT2D eigenvalue weighted by Gasteiger charge is 2.27. The predicted molar refractivity (Wildman–Crippen MR) is 111 cm³/mol. The van der Waals surface area contributed by atoms with Gasteiger partial charge < -0.3 is 9.80 Å². The summed E-state index contributed by atoms with van der Waals surface area (Å²) >= 11 is 6.08. The van der Waals surface area contributed by atoms with Crippen LogP contribution in [0.3, 0.4) is 0 Å². The van der Waals surface area contributed by atoms with Gasteiger partial charge in [0, 0.05) is 36.9 Å². The molecule has 6 nitrogen and oxygen atoms in total. The van der Waals surface area contributed by atoms with Gasteiger partial charge in [-0.05, 0) is 37.3 Å². The van der Waals surface area contributed by atoms with Crippen LogP contribution in [-0.4, -0.2) is 46.5 Å². The Hall–Kier alpha value is -2.86. The van der Waals surface area contributed by atoms with Crippen molar-refractivity contribution >= 4 is 34.1 Å². The molecule has 7 heteroatoms. The average molecular weight is 397 g/mol. The van der Waals surface area contributed by atoms with E-state index in [0.717, 1.165) is 18.8 Å². The fourth-order valence-electron chi connectivity index (χ4n) is 3.60. The molecule has 1 fully saturated rings. The van der Waals surface area contributed by atoms with Gasteiger partial charge in [0.25, 0.3) is 5.56 Å². The lowest BCUT2D eigenvalue weighted by atomic mass is 10.2. The van der Waals surface area contributed by atoms with Crippen LogP contribution < -0.4 is 10.5 Å². The summed E-state index contributed by atoms with van der Waals surface area (Å²) in [5, 5.41) is 1.23. The SMILES string of the molecule is C[C@H](C(=O)N1CCN(c2cccc(Cl)c2)CC1)n1cnc2ccccc2c1=O. The Balaban J connectivity index is 1.48. The Labute approximate surface area is 168 Å². The molecule has 144 valence electrons. The lowest BCUT2D eigenvalue weighted by molar-refractivity contribution is -0.134. The number of para-hydroxylation sites is 1. The first-order chi connectivity index (χ1) is 13.5. The third kappa shape index (κ3) is 3.47. The zero-order valence-electron chi connectivity index (χ0n) is 15.6. The number of piperazine rings is 1. The quantitative estimate of drug-likeness (QED) is 0.683. The summed E-state index contributed by atoms with van der Waals surface area (Å²) in [4.78, 5) is 34.1. The van der Waals surface area contributed by atoms with Crippen LogP contribution in [0.15, 0.2) is 59.7 Å². The number of hydrogen-bond acceptors (Lipinski definition) is 4. The first kappa shape index (κ1) is 18.5. The largest absolute Gasteiger partial charge is 0.368 e. The molecule has 1 aliphatic rings. The number of carbonyl (C=O) groups is 1. The number of benzene rings is 2. The van der Waals surface area contributed by atoms with E-state index < -0.39 is 6.04 Å². The van der Waals surface area contributed by atoms with Gasteiger partial charge in [0.1, 0.15) is 6.04 Å². The van der Waals surface area contributed by atoms with Gasteiger partial charge in [-0.3, -0.25) is 14.2 Å². The fraction of sp³-hybridized carbons (Fsp3) is 0.286. The second-order valence-electron chi connectivity index (χ2n) is 6.94. The average Bonchev–Trinajstić information content (AvgIpc) is 2.73. The summed E-state index contributed by atoms with van der Waals surface area (Å²) in [7, 11) is 0. The van der Waals surface area contributed by atoms with Crippen LogP contribution in [0.5, 0.6) is 0 Å². The van der Waals surface area contributed by atoms with Gasteiger partial charge in [0.2, 0.25) is 5.91 Å². The molecule has 0 radical (unpaired) electrons. The number of hydrogen-bond donors (Lipinski definition) is 0. The normalized spacial score (nSPS) is 15.6. The standard InChI is InChI=1S/C21H21ClN4O2/c1-15(26-14-23-19-8-3-2-7-18(19)21(26)28)20(27)25-11-9-24(10-12-25)17-6-4-5-16(22)13-17/h2-8,13-15H,9-12H2,1H3/t15-/m1/s1. The molecule has 0 aliphatic carbocycles. The van der Waals surface area contributed by atoms with Crippen molar-refractivity contribution in [3.63, 3.8) is 0 Å². The Morgan fingerprint density at radius 3 is 2.57 bits per heavy atom. The molecule has 28 heavy (non-hydrogen) atoms. The van der Waals surface area contributed by atoms with Crippen molar-refractivity contribution in [2.45, 2.75) is 13.0 Å². The third-order valence-electron chi connectivity index (χ3n) is 5.23. The van der Waals surface area contributed by atoms with Crippen molar-refractivity contribution < 1.29 is 4.79 Å². The van der Waals surface area contributed by atoms with Gasteiger partial charge in [-0.1, -0.05) is 29.8 Å². The molecule has 0 bridgehead atoms. The van der Waals surface area contributed by atoms with Gasteiger partial charge in [-0.15, -0.1) is 0 Å². The second kappa shape index (κ2) is 7.64. The molecule has 0 saturated carbocycles. The van der Waals surface area contributed by atoms with Crippen molar-refractivity contribution in [1.82, 2.24) is 14.5 Å². The number of nitrogens with zero attached hydrogens (tertiary/aromatic N) is 4. The first-order valence-corrected chi connectivity index (χ1v) is 9.67. The van der Waals surface area contributed by atoms with E-state index in [1.807, 2.05) is 35.2 Å². The van der Waals surface area contributed by atoms with Crippen LogP contribution in [0.2, 0.25) is 5.02 Å². The van der Waals surface area contributed by atoms with Crippen molar-refractivity contribution in [2.24, 2.45) is 0 Å². The van der Waals surface area contributed by atoms with E-state index in [0.29, 0.717) is 29.0 Å². The lowest BCUT2D eigenvalue weighted by Gasteiger charge is -2.37. The molecule has 4 rings (SSSR count). The molecular formula is C21H21ClN4O2. The summed E-state index contributed by atoms with van der Waals surface area (Å²) < 4.78 is 1.42. The van der Waals surface area contributed by atoms with Gasteiger partial charge in [0.15, 0.2) is 0 Å². The lowest BCUT2D eigenvalue weighted by Crippen LogP contribution is -2.51. The van der Waals surface area contributed by atoms with E-state index in [2.05, 4.69) is 9.88 Å². The monoisotopic (exact) mass is 396 g/mol. The maximum Gasteiger partial charge on any atom is 0.261 e. The Bertz CT molecular complexity index is 1070. The molecule has 1 saturated heterocycles. The van der Waals surface area contributed by atoms with E-state index in [4.69, 9.17) is 11.6 Å². The maximum atomic E-state index is 13.0. The molecule has 0 N–H and O–H groups in total. The molecule has 2 heterocycles. The smallest absolute Gasteiger partial charge is 0.261 e. The Kier molecular flexibility index (Phi) is 5.05. The summed E-state index contributed by atoms with van der Waals surface area (Å²) in [6.45, 7) is 4.41. The minimum absolute atomic E-state index is 0.0649. The van der Waals surface area contributed by atoms with Crippen molar-refractivity contribution in [3.8, 4) is 0 Å². The van der Waals surface area contributed by atoms with Crippen LogP contribution in [0.25, 0.3) is 10.9 Å². The summed E-state index contributed by atoms with van der Waals surface area (Å²) in [5.41, 5.74) is 1.50. The van der Waals surface area contributed by atoms with Crippen molar-refractivity contribution in [1.29, 1.82) is 0 Å². The number of aromatic nitrogens is 2. The van der Waals surface area contributed by atoms with Crippen LogP contribution in [-0.2, 0) is 4.79 Å². The number of amides is 1. The Morgan fingerprint density at radius 2 is 1.82 bits per heavy atom. The molecule has 1 atom stereocenters. The van der Waals surface area contributed by atoms with Crippen LogP contribution in [0.1, 0.15) is 13.0 Å². The molecule has 1 amide bonds. The molecule has 2 aromatic carbocycles. The van der Waals surface area contributed by atoms with E-state index >= 15 is 0 Å². The molecule has 1 aromatic heterocycles. The Morgan fingerprint density at radius 1 is 1.07 bits per heavy atom.